The minimum Gasteiger partial charge on any atom is -0.464 e. The highest BCUT2D eigenvalue weighted by Crippen LogP contribution is 2.25. The summed E-state index contributed by atoms with van der Waals surface area (Å²) in [7, 11) is 0. The standard InChI is InChI=1S/C16H15N3O4/c20-15-13-11(12-4-2-8-23-12)5-6-17-14(13)19(16(21)18-15)9-10-3-1-7-22-10/h2,4-6,8,10H,1,3,7,9H2,(H,18,20,21). The summed E-state index contributed by atoms with van der Waals surface area (Å²) in [5.41, 5.74) is 0.0284. The molecule has 0 spiro atoms. The van der Waals surface area contributed by atoms with Crippen LogP contribution in [0.5, 0.6) is 0 Å². The van der Waals surface area contributed by atoms with Crippen molar-refractivity contribution in [1.29, 1.82) is 0 Å². The number of nitrogens with one attached hydrogen (secondary N) is 1. The van der Waals surface area contributed by atoms with Crippen LogP contribution < -0.4 is 11.2 Å². The Balaban J connectivity index is 1.95. The molecule has 1 unspecified atom stereocenters. The van der Waals surface area contributed by atoms with E-state index in [1.807, 2.05) is 0 Å². The van der Waals surface area contributed by atoms with Crippen LogP contribution in [0.3, 0.4) is 0 Å². The lowest BCUT2D eigenvalue weighted by molar-refractivity contribution is 0.0967. The van der Waals surface area contributed by atoms with E-state index in [0.717, 1.165) is 12.8 Å². The predicted octanol–water partition coefficient (Wildman–Crippen LogP) is 1.52. The lowest BCUT2D eigenvalue weighted by atomic mass is 10.1. The Kier molecular flexibility index (Phi) is 3.34. The summed E-state index contributed by atoms with van der Waals surface area (Å²) in [6.45, 7) is 1.08. The fourth-order valence-corrected chi connectivity index (χ4v) is 3.00. The zero-order valence-corrected chi connectivity index (χ0v) is 12.3. The molecule has 1 fully saturated rings. The monoisotopic (exact) mass is 313 g/mol. The first-order valence-electron chi connectivity index (χ1n) is 7.51. The molecule has 3 aromatic rings. The van der Waals surface area contributed by atoms with Crippen LogP contribution in [0.4, 0.5) is 0 Å². The summed E-state index contributed by atoms with van der Waals surface area (Å²) in [5, 5.41) is 0.347. The van der Waals surface area contributed by atoms with Gasteiger partial charge in [-0.25, -0.2) is 9.78 Å². The molecule has 1 atom stereocenters. The number of fused-ring (bicyclic) bond motifs is 1. The van der Waals surface area contributed by atoms with Gasteiger partial charge < -0.3 is 9.15 Å². The molecule has 4 rings (SSSR count). The fraction of sp³-hybridized carbons (Fsp3) is 0.312. The number of furan rings is 1. The molecule has 4 heterocycles. The highest BCUT2D eigenvalue weighted by atomic mass is 16.5. The molecule has 118 valence electrons. The van der Waals surface area contributed by atoms with Crippen LogP contribution >= 0.6 is 0 Å². The quantitative estimate of drug-likeness (QED) is 0.792. The van der Waals surface area contributed by atoms with Gasteiger partial charge in [-0.05, 0) is 31.0 Å². The minimum absolute atomic E-state index is 0.0316. The Labute approximate surface area is 130 Å². The van der Waals surface area contributed by atoms with E-state index in [4.69, 9.17) is 9.15 Å². The SMILES string of the molecule is O=c1[nH]c(=O)n(CC2CCCO2)c2nccc(-c3ccco3)c12. The second-order valence-corrected chi connectivity index (χ2v) is 5.54. The van der Waals surface area contributed by atoms with E-state index in [2.05, 4.69) is 9.97 Å². The van der Waals surface area contributed by atoms with Crippen molar-refractivity contribution in [3.8, 4) is 11.3 Å². The highest BCUT2D eigenvalue weighted by molar-refractivity contribution is 5.90. The van der Waals surface area contributed by atoms with Gasteiger partial charge in [-0.3, -0.25) is 14.3 Å². The number of rotatable bonds is 3. The van der Waals surface area contributed by atoms with Crippen LogP contribution in [-0.2, 0) is 11.3 Å². The lowest BCUT2D eigenvalue weighted by Crippen LogP contribution is -2.34. The van der Waals surface area contributed by atoms with Gasteiger partial charge in [0.05, 0.1) is 24.3 Å². The molecule has 0 amide bonds. The molecular weight excluding hydrogens is 298 g/mol. The van der Waals surface area contributed by atoms with E-state index in [9.17, 15) is 9.59 Å². The Morgan fingerprint density at radius 2 is 2.26 bits per heavy atom. The molecule has 1 N–H and O–H groups in total. The van der Waals surface area contributed by atoms with E-state index >= 15 is 0 Å². The normalized spacial score (nSPS) is 17.8. The summed E-state index contributed by atoms with van der Waals surface area (Å²) in [6.07, 6.45) is 4.95. The largest absolute Gasteiger partial charge is 0.464 e. The van der Waals surface area contributed by atoms with Gasteiger partial charge in [-0.1, -0.05) is 0 Å². The van der Waals surface area contributed by atoms with Crippen LogP contribution in [0, 0.1) is 0 Å². The Morgan fingerprint density at radius 1 is 1.35 bits per heavy atom. The summed E-state index contributed by atoms with van der Waals surface area (Å²) in [5.74, 6) is 0.560. The molecule has 0 saturated carbocycles. The molecule has 7 nitrogen and oxygen atoms in total. The summed E-state index contributed by atoms with van der Waals surface area (Å²) in [6, 6.07) is 5.22. The maximum absolute atomic E-state index is 12.3. The van der Waals surface area contributed by atoms with Crippen molar-refractivity contribution in [3.05, 3.63) is 51.5 Å². The van der Waals surface area contributed by atoms with Gasteiger partial charge in [0, 0.05) is 18.4 Å². The summed E-state index contributed by atoms with van der Waals surface area (Å²) in [4.78, 5) is 31.2. The molecule has 1 aliphatic heterocycles. The third-order valence-corrected chi connectivity index (χ3v) is 4.08. The van der Waals surface area contributed by atoms with Crippen LogP contribution in [0.2, 0.25) is 0 Å². The molecule has 0 aromatic carbocycles. The number of ether oxygens (including phenoxy) is 1. The van der Waals surface area contributed by atoms with E-state index in [1.54, 1.807) is 24.4 Å². The lowest BCUT2D eigenvalue weighted by Gasteiger charge is -2.14. The maximum Gasteiger partial charge on any atom is 0.330 e. The number of aromatic amines is 1. The van der Waals surface area contributed by atoms with Gasteiger partial charge in [0.1, 0.15) is 11.4 Å². The minimum atomic E-state index is -0.470. The van der Waals surface area contributed by atoms with Gasteiger partial charge in [0.15, 0.2) is 0 Å². The van der Waals surface area contributed by atoms with E-state index < -0.39 is 11.2 Å². The molecule has 0 bridgehead atoms. The Hall–Kier alpha value is -2.67. The number of H-pyrrole nitrogens is 1. The average molecular weight is 313 g/mol. The second kappa shape index (κ2) is 5.51. The van der Waals surface area contributed by atoms with Crippen LogP contribution in [0.25, 0.3) is 22.4 Å². The third kappa shape index (κ3) is 2.39. The van der Waals surface area contributed by atoms with Crippen molar-refractivity contribution >= 4 is 11.0 Å². The number of nitrogens with zero attached hydrogens (tertiary/aromatic N) is 2. The molecule has 1 saturated heterocycles. The van der Waals surface area contributed by atoms with Crippen molar-refractivity contribution in [1.82, 2.24) is 14.5 Å². The molecule has 0 aliphatic carbocycles. The smallest absolute Gasteiger partial charge is 0.330 e. The summed E-state index contributed by atoms with van der Waals surface area (Å²) < 4.78 is 12.5. The average Bonchev–Trinajstić information content (AvgIpc) is 3.24. The predicted molar refractivity (Wildman–Crippen MR) is 83.3 cm³/mol. The van der Waals surface area contributed by atoms with Crippen LogP contribution in [0.15, 0.2) is 44.7 Å². The molecule has 23 heavy (non-hydrogen) atoms. The topological polar surface area (TPSA) is 90.1 Å². The van der Waals surface area contributed by atoms with Gasteiger partial charge >= 0.3 is 5.69 Å². The highest BCUT2D eigenvalue weighted by Gasteiger charge is 2.20. The molecule has 3 aromatic heterocycles. The van der Waals surface area contributed by atoms with E-state index in [1.165, 1.54) is 10.8 Å². The van der Waals surface area contributed by atoms with Gasteiger partial charge in [0.25, 0.3) is 5.56 Å². The van der Waals surface area contributed by atoms with Crippen LogP contribution in [0.1, 0.15) is 12.8 Å². The maximum atomic E-state index is 12.3. The van der Waals surface area contributed by atoms with E-state index in [-0.39, 0.29) is 6.10 Å². The fourth-order valence-electron chi connectivity index (χ4n) is 3.00. The second-order valence-electron chi connectivity index (χ2n) is 5.54. The third-order valence-electron chi connectivity index (χ3n) is 4.08. The summed E-state index contributed by atoms with van der Waals surface area (Å²) >= 11 is 0. The first-order chi connectivity index (χ1) is 11.2. The number of pyridine rings is 1. The number of hydrogen-bond donors (Lipinski definition) is 1. The molecule has 1 aliphatic rings. The zero-order valence-electron chi connectivity index (χ0n) is 12.3. The number of aromatic nitrogens is 3. The van der Waals surface area contributed by atoms with Crippen molar-refractivity contribution in [3.63, 3.8) is 0 Å². The molecular formula is C16H15N3O4. The molecule has 0 radical (unpaired) electrons. The first-order valence-corrected chi connectivity index (χ1v) is 7.51. The van der Waals surface area contributed by atoms with Crippen molar-refractivity contribution < 1.29 is 9.15 Å². The number of hydrogen-bond acceptors (Lipinski definition) is 5. The van der Waals surface area contributed by atoms with Gasteiger partial charge in [0.2, 0.25) is 0 Å². The van der Waals surface area contributed by atoms with Crippen molar-refractivity contribution in [2.75, 3.05) is 6.61 Å². The van der Waals surface area contributed by atoms with Crippen LogP contribution in [-0.4, -0.2) is 27.2 Å². The van der Waals surface area contributed by atoms with E-state index in [0.29, 0.717) is 35.5 Å². The van der Waals surface area contributed by atoms with Gasteiger partial charge in [-0.2, -0.15) is 0 Å². The first kappa shape index (κ1) is 14.0. The Morgan fingerprint density at radius 3 is 3.00 bits per heavy atom. The zero-order chi connectivity index (χ0) is 15.8. The van der Waals surface area contributed by atoms with Crippen molar-refractivity contribution in [2.45, 2.75) is 25.5 Å². The Bertz CT molecular complexity index is 950. The molecule has 7 heteroatoms. The van der Waals surface area contributed by atoms with Crippen molar-refractivity contribution in [2.24, 2.45) is 0 Å². The van der Waals surface area contributed by atoms with Gasteiger partial charge in [-0.15, -0.1) is 0 Å².